The maximum Gasteiger partial charge on any atom is 0.289 e. The van der Waals surface area contributed by atoms with Crippen molar-refractivity contribution >= 4 is 16.9 Å². The standard InChI is InChI=1S/C16H18N2O3/c1-18(10-11-5-4-8-17-11)16(20)15-9-13(19)12-6-2-3-7-14(12)21-15/h2-3,6-7,9,11,17H,4-5,8,10H2,1H3. The Morgan fingerprint density at radius 2 is 2.24 bits per heavy atom. The van der Waals surface area contributed by atoms with Crippen molar-refractivity contribution in [3.05, 3.63) is 46.3 Å². The zero-order chi connectivity index (χ0) is 14.8. The fourth-order valence-corrected chi connectivity index (χ4v) is 2.72. The summed E-state index contributed by atoms with van der Waals surface area (Å²) in [4.78, 5) is 26.0. The lowest BCUT2D eigenvalue weighted by Crippen LogP contribution is -2.38. The van der Waals surface area contributed by atoms with E-state index < -0.39 is 0 Å². The van der Waals surface area contributed by atoms with Gasteiger partial charge in [-0.05, 0) is 31.5 Å². The number of para-hydroxylation sites is 1. The molecule has 2 heterocycles. The molecule has 1 aliphatic rings. The van der Waals surface area contributed by atoms with Gasteiger partial charge in [-0.3, -0.25) is 9.59 Å². The summed E-state index contributed by atoms with van der Waals surface area (Å²) in [6.45, 7) is 1.62. The number of likely N-dealkylation sites (N-methyl/N-ethyl adjacent to an activating group) is 1. The maximum atomic E-state index is 12.4. The Labute approximate surface area is 122 Å². The molecule has 1 aliphatic heterocycles. The molecule has 1 amide bonds. The molecule has 1 aromatic carbocycles. The largest absolute Gasteiger partial charge is 0.451 e. The van der Waals surface area contributed by atoms with Crippen molar-refractivity contribution in [1.29, 1.82) is 0 Å². The number of rotatable bonds is 3. The van der Waals surface area contributed by atoms with E-state index in [0.29, 0.717) is 23.6 Å². The van der Waals surface area contributed by atoms with Gasteiger partial charge in [0, 0.05) is 25.7 Å². The first-order valence-corrected chi connectivity index (χ1v) is 7.17. The van der Waals surface area contributed by atoms with Gasteiger partial charge < -0.3 is 14.6 Å². The molecule has 0 bridgehead atoms. The summed E-state index contributed by atoms with van der Waals surface area (Å²) in [6, 6.07) is 8.56. The van der Waals surface area contributed by atoms with Crippen LogP contribution in [-0.2, 0) is 0 Å². The average Bonchev–Trinajstić information content (AvgIpc) is 2.99. The highest BCUT2D eigenvalue weighted by molar-refractivity contribution is 5.93. The summed E-state index contributed by atoms with van der Waals surface area (Å²) in [7, 11) is 1.73. The third kappa shape index (κ3) is 2.83. The van der Waals surface area contributed by atoms with Gasteiger partial charge >= 0.3 is 0 Å². The van der Waals surface area contributed by atoms with Gasteiger partial charge in [0.1, 0.15) is 5.58 Å². The van der Waals surface area contributed by atoms with Gasteiger partial charge in [0.05, 0.1) is 5.39 Å². The van der Waals surface area contributed by atoms with Gasteiger partial charge in [-0.2, -0.15) is 0 Å². The van der Waals surface area contributed by atoms with Crippen LogP contribution < -0.4 is 10.7 Å². The minimum atomic E-state index is -0.258. The van der Waals surface area contributed by atoms with E-state index in [-0.39, 0.29) is 17.1 Å². The first-order valence-electron chi connectivity index (χ1n) is 7.17. The summed E-state index contributed by atoms with van der Waals surface area (Å²) >= 11 is 0. The highest BCUT2D eigenvalue weighted by atomic mass is 16.3. The zero-order valence-electron chi connectivity index (χ0n) is 12.0. The molecular formula is C16H18N2O3. The SMILES string of the molecule is CN(CC1CCCN1)C(=O)c1cc(=O)c2ccccc2o1. The van der Waals surface area contributed by atoms with E-state index in [1.807, 2.05) is 0 Å². The van der Waals surface area contributed by atoms with Crippen LogP contribution in [0.1, 0.15) is 23.4 Å². The number of amides is 1. The quantitative estimate of drug-likeness (QED) is 0.931. The van der Waals surface area contributed by atoms with Crippen molar-refractivity contribution in [2.75, 3.05) is 20.1 Å². The van der Waals surface area contributed by atoms with Gasteiger partial charge in [0.15, 0.2) is 11.2 Å². The van der Waals surface area contributed by atoms with E-state index in [9.17, 15) is 9.59 Å². The molecule has 2 aromatic rings. The van der Waals surface area contributed by atoms with E-state index >= 15 is 0 Å². The van der Waals surface area contributed by atoms with E-state index in [0.717, 1.165) is 19.4 Å². The lowest BCUT2D eigenvalue weighted by atomic mass is 10.2. The minimum Gasteiger partial charge on any atom is -0.451 e. The Hall–Kier alpha value is -2.14. The molecular weight excluding hydrogens is 268 g/mol. The van der Waals surface area contributed by atoms with E-state index in [1.165, 1.54) is 6.07 Å². The second-order valence-electron chi connectivity index (χ2n) is 5.45. The van der Waals surface area contributed by atoms with Crippen molar-refractivity contribution in [2.45, 2.75) is 18.9 Å². The normalized spacial score (nSPS) is 18.0. The molecule has 1 fully saturated rings. The Bertz CT molecular complexity index is 717. The predicted octanol–water partition coefficient (Wildman–Crippen LogP) is 1.62. The molecule has 3 rings (SSSR count). The second-order valence-corrected chi connectivity index (χ2v) is 5.45. The summed E-state index contributed by atoms with van der Waals surface area (Å²) < 4.78 is 5.58. The Morgan fingerprint density at radius 1 is 1.43 bits per heavy atom. The number of hydrogen-bond donors (Lipinski definition) is 1. The number of fused-ring (bicyclic) bond motifs is 1. The highest BCUT2D eigenvalue weighted by Crippen LogP contribution is 2.14. The van der Waals surface area contributed by atoms with Crippen LogP contribution in [0.2, 0.25) is 0 Å². The summed E-state index contributed by atoms with van der Waals surface area (Å²) in [5.74, 6) is -0.161. The third-order valence-corrected chi connectivity index (χ3v) is 3.85. The molecule has 110 valence electrons. The molecule has 5 nitrogen and oxygen atoms in total. The molecule has 1 atom stereocenters. The molecule has 1 unspecified atom stereocenters. The molecule has 0 spiro atoms. The van der Waals surface area contributed by atoms with E-state index in [2.05, 4.69) is 5.32 Å². The minimum absolute atomic E-state index is 0.0965. The van der Waals surface area contributed by atoms with E-state index in [4.69, 9.17) is 4.42 Å². The molecule has 21 heavy (non-hydrogen) atoms. The van der Waals surface area contributed by atoms with Crippen LogP contribution in [0.5, 0.6) is 0 Å². The Kier molecular flexibility index (Phi) is 3.75. The first-order chi connectivity index (χ1) is 10.1. The number of benzene rings is 1. The monoisotopic (exact) mass is 286 g/mol. The lowest BCUT2D eigenvalue weighted by molar-refractivity contribution is 0.0753. The number of nitrogens with zero attached hydrogens (tertiary/aromatic N) is 1. The highest BCUT2D eigenvalue weighted by Gasteiger charge is 2.21. The van der Waals surface area contributed by atoms with Crippen molar-refractivity contribution in [1.82, 2.24) is 10.2 Å². The van der Waals surface area contributed by atoms with Crippen molar-refractivity contribution in [3.8, 4) is 0 Å². The Balaban J connectivity index is 1.85. The average molecular weight is 286 g/mol. The number of carbonyl (C=O) groups excluding carboxylic acids is 1. The summed E-state index contributed by atoms with van der Waals surface area (Å²) in [5, 5.41) is 3.84. The number of nitrogens with one attached hydrogen (secondary N) is 1. The van der Waals surface area contributed by atoms with Crippen LogP contribution in [0.4, 0.5) is 0 Å². The second kappa shape index (κ2) is 5.69. The predicted molar refractivity (Wildman–Crippen MR) is 80.5 cm³/mol. The summed E-state index contributed by atoms with van der Waals surface area (Å²) in [5.41, 5.74) is 0.258. The van der Waals surface area contributed by atoms with Gasteiger partial charge in [0.2, 0.25) is 0 Å². The topological polar surface area (TPSA) is 62.6 Å². The van der Waals surface area contributed by atoms with Gasteiger partial charge in [-0.25, -0.2) is 0 Å². The van der Waals surface area contributed by atoms with Crippen molar-refractivity contribution in [3.63, 3.8) is 0 Å². The molecule has 1 N–H and O–H groups in total. The van der Waals surface area contributed by atoms with Gasteiger partial charge in [0.25, 0.3) is 5.91 Å². The van der Waals surface area contributed by atoms with Crippen molar-refractivity contribution < 1.29 is 9.21 Å². The van der Waals surface area contributed by atoms with Crippen LogP contribution >= 0.6 is 0 Å². The third-order valence-electron chi connectivity index (χ3n) is 3.85. The van der Waals surface area contributed by atoms with Gasteiger partial charge in [-0.15, -0.1) is 0 Å². The van der Waals surface area contributed by atoms with Crippen LogP contribution in [0.3, 0.4) is 0 Å². The molecule has 0 aliphatic carbocycles. The van der Waals surface area contributed by atoms with E-state index in [1.54, 1.807) is 36.2 Å². The van der Waals surface area contributed by atoms with Gasteiger partial charge in [-0.1, -0.05) is 12.1 Å². The maximum absolute atomic E-state index is 12.4. The number of hydrogen-bond acceptors (Lipinski definition) is 4. The molecule has 5 heteroatoms. The smallest absolute Gasteiger partial charge is 0.289 e. The Morgan fingerprint density at radius 3 is 3.00 bits per heavy atom. The molecule has 1 aromatic heterocycles. The van der Waals surface area contributed by atoms with Crippen LogP contribution in [0, 0.1) is 0 Å². The first kappa shape index (κ1) is 13.8. The van der Waals surface area contributed by atoms with Crippen LogP contribution in [0.15, 0.2) is 39.5 Å². The van der Waals surface area contributed by atoms with Crippen molar-refractivity contribution in [2.24, 2.45) is 0 Å². The number of carbonyl (C=O) groups is 1. The van der Waals surface area contributed by atoms with Crippen LogP contribution in [-0.4, -0.2) is 37.0 Å². The molecule has 0 saturated carbocycles. The zero-order valence-corrected chi connectivity index (χ0v) is 12.0. The fraction of sp³-hybridized carbons (Fsp3) is 0.375. The molecule has 1 saturated heterocycles. The lowest BCUT2D eigenvalue weighted by Gasteiger charge is -2.20. The van der Waals surface area contributed by atoms with Crippen LogP contribution in [0.25, 0.3) is 11.0 Å². The fourth-order valence-electron chi connectivity index (χ4n) is 2.72. The molecule has 0 radical (unpaired) electrons. The summed E-state index contributed by atoms with van der Waals surface area (Å²) in [6.07, 6.45) is 2.21.